The summed E-state index contributed by atoms with van der Waals surface area (Å²) in [5.74, 6) is 2.43. The molecule has 0 bridgehead atoms. The zero-order valence-corrected chi connectivity index (χ0v) is 14.7. The van der Waals surface area contributed by atoms with Gasteiger partial charge in [-0.25, -0.2) is 14.8 Å². The van der Waals surface area contributed by atoms with Crippen molar-refractivity contribution in [3.05, 3.63) is 29.9 Å². The minimum absolute atomic E-state index is 0.197. The lowest BCUT2D eigenvalue weighted by molar-refractivity contribution is 0.0285. The molecule has 24 heavy (non-hydrogen) atoms. The van der Waals surface area contributed by atoms with Crippen molar-refractivity contribution in [3.8, 4) is 0 Å². The summed E-state index contributed by atoms with van der Waals surface area (Å²) in [7, 11) is 0. The maximum absolute atomic E-state index is 12.2. The van der Waals surface area contributed by atoms with E-state index in [1.807, 2.05) is 38.1 Å². The molecule has 2 atom stereocenters. The van der Waals surface area contributed by atoms with Crippen molar-refractivity contribution in [2.75, 3.05) is 13.1 Å². The molecule has 1 aromatic rings. The summed E-state index contributed by atoms with van der Waals surface area (Å²) in [4.78, 5) is 23.2. The maximum atomic E-state index is 12.2. The van der Waals surface area contributed by atoms with Gasteiger partial charge in [0.15, 0.2) is 5.82 Å². The Morgan fingerprint density at radius 2 is 1.92 bits per heavy atom. The summed E-state index contributed by atoms with van der Waals surface area (Å²) in [6.07, 6.45) is 9.54. The third-order valence-corrected chi connectivity index (χ3v) is 5.05. The lowest BCUT2D eigenvalue weighted by Gasteiger charge is -2.24. The average Bonchev–Trinajstić information content (AvgIpc) is 3.15. The Kier molecular flexibility index (Phi) is 3.62. The number of fused-ring (bicyclic) bond motifs is 1. The smallest absolute Gasteiger partial charge is 0.410 e. The largest absolute Gasteiger partial charge is 0.444 e. The number of hydrogen-bond donors (Lipinski definition) is 0. The van der Waals surface area contributed by atoms with Gasteiger partial charge in [-0.05, 0) is 63.0 Å². The van der Waals surface area contributed by atoms with Crippen LogP contribution in [0.25, 0.3) is 5.57 Å². The average molecular weight is 327 g/mol. The highest BCUT2D eigenvalue weighted by molar-refractivity contribution is 5.70. The molecule has 0 spiro atoms. The van der Waals surface area contributed by atoms with Gasteiger partial charge in [0, 0.05) is 31.4 Å². The van der Waals surface area contributed by atoms with E-state index in [4.69, 9.17) is 4.74 Å². The van der Waals surface area contributed by atoms with E-state index in [2.05, 4.69) is 16.0 Å². The lowest BCUT2D eigenvalue weighted by atomic mass is 10.00. The van der Waals surface area contributed by atoms with Crippen LogP contribution in [0.3, 0.4) is 0 Å². The maximum Gasteiger partial charge on any atom is 0.410 e. The van der Waals surface area contributed by atoms with Gasteiger partial charge in [-0.15, -0.1) is 0 Å². The molecule has 2 aliphatic carbocycles. The molecule has 2 fully saturated rings. The van der Waals surface area contributed by atoms with Gasteiger partial charge in [0.25, 0.3) is 0 Å². The van der Waals surface area contributed by atoms with E-state index in [1.165, 1.54) is 24.0 Å². The topological polar surface area (TPSA) is 55.3 Å². The number of carbonyl (C=O) groups excluding carboxylic acids is 1. The molecular formula is C19H25N3O2. The number of ether oxygens (including phenoxy) is 1. The summed E-state index contributed by atoms with van der Waals surface area (Å²) in [5, 5.41) is 0. The predicted molar refractivity (Wildman–Crippen MR) is 91.4 cm³/mol. The summed E-state index contributed by atoms with van der Waals surface area (Å²) in [6, 6.07) is 0. The van der Waals surface area contributed by atoms with E-state index < -0.39 is 5.60 Å². The number of carbonyl (C=O) groups is 1. The molecule has 0 aromatic carbocycles. The Bertz CT molecular complexity index is 671. The molecule has 128 valence electrons. The highest BCUT2D eigenvalue weighted by atomic mass is 16.6. The van der Waals surface area contributed by atoms with Gasteiger partial charge in [-0.1, -0.05) is 6.08 Å². The number of allylic oxidation sites excluding steroid dienone is 1. The van der Waals surface area contributed by atoms with E-state index in [0.29, 0.717) is 17.8 Å². The van der Waals surface area contributed by atoms with E-state index in [9.17, 15) is 4.79 Å². The fourth-order valence-electron chi connectivity index (χ4n) is 3.68. The lowest BCUT2D eigenvalue weighted by Crippen LogP contribution is -2.35. The standard InChI is InChI=1S/C19H25N3O2/c1-19(2,3)24-18(23)22-10-14-6-13(7-15(14)11-22)17-20-8-16(9-21-17)12-4-5-12/h6,8-9,12,14-15H,4-5,7,10-11H2,1-3H3. The molecule has 5 nitrogen and oxygen atoms in total. The number of aromatic nitrogens is 2. The number of nitrogens with zero attached hydrogens (tertiary/aromatic N) is 3. The van der Waals surface area contributed by atoms with Crippen molar-refractivity contribution >= 4 is 11.7 Å². The van der Waals surface area contributed by atoms with Crippen LogP contribution in [0.2, 0.25) is 0 Å². The second kappa shape index (κ2) is 5.57. The van der Waals surface area contributed by atoms with E-state index in [1.54, 1.807) is 0 Å². The highest BCUT2D eigenvalue weighted by Gasteiger charge is 2.40. The molecule has 1 amide bonds. The van der Waals surface area contributed by atoms with Crippen LogP contribution < -0.4 is 0 Å². The first kappa shape index (κ1) is 15.6. The summed E-state index contributed by atoms with van der Waals surface area (Å²) < 4.78 is 5.48. The van der Waals surface area contributed by atoms with Crippen molar-refractivity contribution in [2.45, 2.75) is 51.6 Å². The van der Waals surface area contributed by atoms with Crippen molar-refractivity contribution in [1.82, 2.24) is 14.9 Å². The molecule has 2 heterocycles. The molecule has 5 heteroatoms. The number of hydrogen-bond acceptors (Lipinski definition) is 4. The minimum Gasteiger partial charge on any atom is -0.444 e. The summed E-state index contributed by atoms with van der Waals surface area (Å²) in [5.41, 5.74) is 2.07. The van der Waals surface area contributed by atoms with Crippen molar-refractivity contribution in [2.24, 2.45) is 11.8 Å². The first-order chi connectivity index (χ1) is 11.4. The van der Waals surface area contributed by atoms with Gasteiger partial charge >= 0.3 is 6.09 Å². The normalized spacial score (nSPS) is 26.3. The second-order valence-electron chi connectivity index (χ2n) is 8.32. The number of rotatable bonds is 2. The molecule has 4 rings (SSSR count). The number of amides is 1. The third-order valence-electron chi connectivity index (χ3n) is 5.05. The van der Waals surface area contributed by atoms with Crippen LogP contribution in [-0.4, -0.2) is 39.7 Å². The fraction of sp³-hybridized carbons (Fsp3) is 0.632. The van der Waals surface area contributed by atoms with Crippen LogP contribution in [0, 0.1) is 11.8 Å². The summed E-state index contributed by atoms with van der Waals surface area (Å²) >= 11 is 0. The quantitative estimate of drug-likeness (QED) is 0.832. The predicted octanol–water partition coefficient (Wildman–Crippen LogP) is 3.62. The Morgan fingerprint density at radius 1 is 1.21 bits per heavy atom. The molecule has 1 aromatic heterocycles. The van der Waals surface area contributed by atoms with Crippen molar-refractivity contribution in [1.29, 1.82) is 0 Å². The van der Waals surface area contributed by atoms with E-state index in [0.717, 1.165) is 25.3 Å². The molecule has 2 unspecified atom stereocenters. The van der Waals surface area contributed by atoms with E-state index in [-0.39, 0.29) is 6.09 Å². The van der Waals surface area contributed by atoms with Gasteiger partial charge in [0.2, 0.25) is 0 Å². The Labute approximate surface area is 143 Å². The number of likely N-dealkylation sites (tertiary alicyclic amines) is 1. The Hall–Kier alpha value is -1.91. The molecule has 0 N–H and O–H groups in total. The van der Waals surface area contributed by atoms with Gasteiger partial charge in [0.05, 0.1) is 0 Å². The molecule has 0 radical (unpaired) electrons. The zero-order valence-electron chi connectivity index (χ0n) is 14.7. The Balaban J connectivity index is 1.40. The fourth-order valence-corrected chi connectivity index (χ4v) is 3.68. The van der Waals surface area contributed by atoms with Crippen LogP contribution in [0.4, 0.5) is 4.79 Å². The minimum atomic E-state index is -0.438. The van der Waals surface area contributed by atoms with E-state index >= 15 is 0 Å². The van der Waals surface area contributed by atoms with Crippen molar-refractivity contribution in [3.63, 3.8) is 0 Å². The second-order valence-corrected chi connectivity index (χ2v) is 8.32. The van der Waals surface area contributed by atoms with Gasteiger partial charge in [-0.2, -0.15) is 0 Å². The molecule has 3 aliphatic rings. The Morgan fingerprint density at radius 3 is 2.50 bits per heavy atom. The van der Waals surface area contributed by atoms with Gasteiger partial charge in [0.1, 0.15) is 5.60 Å². The molecule has 1 saturated carbocycles. The van der Waals surface area contributed by atoms with Crippen LogP contribution in [0.5, 0.6) is 0 Å². The summed E-state index contributed by atoms with van der Waals surface area (Å²) in [6.45, 7) is 7.22. The van der Waals surface area contributed by atoms with Crippen LogP contribution in [-0.2, 0) is 4.74 Å². The monoisotopic (exact) mass is 327 g/mol. The van der Waals surface area contributed by atoms with Crippen LogP contribution in [0.1, 0.15) is 57.3 Å². The molecular weight excluding hydrogens is 302 g/mol. The highest BCUT2D eigenvalue weighted by Crippen LogP contribution is 2.42. The van der Waals surface area contributed by atoms with Crippen LogP contribution in [0.15, 0.2) is 18.5 Å². The first-order valence-electron chi connectivity index (χ1n) is 8.90. The third kappa shape index (κ3) is 3.17. The molecule has 1 aliphatic heterocycles. The molecule has 1 saturated heterocycles. The zero-order chi connectivity index (χ0) is 16.9. The van der Waals surface area contributed by atoms with Gasteiger partial charge < -0.3 is 9.64 Å². The van der Waals surface area contributed by atoms with Crippen molar-refractivity contribution < 1.29 is 9.53 Å². The van der Waals surface area contributed by atoms with Crippen LogP contribution >= 0.6 is 0 Å². The van der Waals surface area contributed by atoms with Gasteiger partial charge in [-0.3, -0.25) is 0 Å². The first-order valence-corrected chi connectivity index (χ1v) is 8.90. The SMILES string of the molecule is CC(C)(C)OC(=O)N1CC2C=C(c3ncc(C4CC4)cn3)CC2C1.